The molecule has 0 radical (unpaired) electrons. The number of hydrogen-bond acceptors (Lipinski definition) is 3. The number of nitrogens with one attached hydrogen (secondary N) is 2. The molecule has 1 aromatic heterocycles. The smallest absolute Gasteiger partial charge is 0.315 e. The Morgan fingerprint density at radius 2 is 2.04 bits per heavy atom. The lowest BCUT2D eigenvalue weighted by molar-refractivity contribution is 0.219. The number of urea groups is 1. The lowest BCUT2D eigenvalue weighted by Crippen LogP contribution is -2.45. The van der Waals surface area contributed by atoms with E-state index in [-0.39, 0.29) is 24.6 Å². The molecular formula is C18H26N4O2. The molecule has 0 bridgehead atoms. The molecule has 2 aromatic rings. The third kappa shape index (κ3) is 5.38. The quantitative estimate of drug-likeness (QED) is 0.694. The van der Waals surface area contributed by atoms with Gasteiger partial charge in [0.25, 0.3) is 0 Å². The maximum atomic E-state index is 11.9. The van der Waals surface area contributed by atoms with Gasteiger partial charge < -0.3 is 15.7 Å². The summed E-state index contributed by atoms with van der Waals surface area (Å²) in [5, 5.41) is 19.0. The fraction of sp³-hybridized carbons (Fsp3) is 0.444. The number of aliphatic hydroxyl groups is 1. The number of hydrogen-bond donors (Lipinski definition) is 3. The fourth-order valence-electron chi connectivity index (χ4n) is 2.49. The van der Waals surface area contributed by atoms with E-state index in [1.54, 1.807) is 6.20 Å². The van der Waals surface area contributed by atoms with Crippen molar-refractivity contribution in [1.82, 2.24) is 20.4 Å². The van der Waals surface area contributed by atoms with Crippen molar-refractivity contribution in [3.05, 3.63) is 48.3 Å². The summed E-state index contributed by atoms with van der Waals surface area (Å²) in [5.41, 5.74) is 2.17. The Kier molecular flexibility index (Phi) is 6.81. The van der Waals surface area contributed by atoms with Gasteiger partial charge in [0.1, 0.15) is 0 Å². The highest BCUT2D eigenvalue weighted by Gasteiger charge is 2.15. The normalized spacial score (nSPS) is 12.2. The molecule has 0 aliphatic rings. The lowest BCUT2D eigenvalue weighted by Gasteiger charge is -2.21. The molecule has 1 heterocycles. The van der Waals surface area contributed by atoms with Gasteiger partial charge in [0.2, 0.25) is 0 Å². The van der Waals surface area contributed by atoms with E-state index in [0.717, 1.165) is 17.7 Å². The highest BCUT2D eigenvalue weighted by atomic mass is 16.3. The fourth-order valence-corrected chi connectivity index (χ4v) is 2.49. The van der Waals surface area contributed by atoms with Gasteiger partial charge in [0.05, 0.1) is 5.69 Å². The molecule has 6 heteroatoms. The van der Waals surface area contributed by atoms with Crippen LogP contribution in [0.4, 0.5) is 4.79 Å². The van der Waals surface area contributed by atoms with Crippen molar-refractivity contribution < 1.29 is 9.90 Å². The second kappa shape index (κ2) is 9.08. The maximum Gasteiger partial charge on any atom is 0.315 e. The van der Waals surface area contributed by atoms with Crippen LogP contribution in [0.25, 0.3) is 5.69 Å². The molecule has 0 aliphatic heterocycles. The SMILES string of the molecule is CC(C)C(CCO)NC(=O)NCCc1ccc(-n2cccn2)cc1. The van der Waals surface area contributed by atoms with Crippen molar-refractivity contribution in [1.29, 1.82) is 0 Å². The Morgan fingerprint density at radius 1 is 1.29 bits per heavy atom. The minimum absolute atomic E-state index is 0.0108. The molecule has 2 amide bonds. The average Bonchev–Trinajstić information content (AvgIpc) is 3.09. The van der Waals surface area contributed by atoms with E-state index in [1.807, 2.05) is 55.1 Å². The van der Waals surface area contributed by atoms with Gasteiger partial charge in [-0.2, -0.15) is 5.10 Å². The maximum absolute atomic E-state index is 11.9. The number of aromatic nitrogens is 2. The van der Waals surface area contributed by atoms with Gasteiger partial charge in [-0.1, -0.05) is 26.0 Å². The van der Waals surface area contributed by atoms with Gasteiger partial charge in [-0.15, -0.1) is 0 Å². The summed E-state index contributed by atoms with van der Waals surface area (Å²) in [6.07, 6.45) is 4.98. The Bertz CT molecular complexity index is 608. The number of carbonyl (C=O) groups excluding carboxylic acids is 1. The van der Waals surface area contributed by atoms with E-state index in [4.69, 9.17) is 5.11 Å². The van der Waals surface area contributed by atoms with E-state index in [1.165, 1.54) is 0 Å². The summed E-state index contributed by atoms with van der Waals surface area (Å²) < 4.78 is 1.81. The van der Waals surface area contributed by atoms with E-state index in [2.05, 4.69) is 15.7 Å². The summed E-state index contributed by atoms with van der Waals surface area (Å²) in [6, 6.07) is 9.80. The second-order valence-electron chi connectivity index (χ2n) is 6.13. The third-order valence-corrected chi connectivity index (χ3v) is 3.97. The Morgan fingerprint density at radius 3 is 2.62 bits per heavy atom. The van der Waals surface area contributed by atoms with Crippen molar-refractivity contribution >= 4 is 6.03 Å². The highest BCUT2D eigenvalue weighted by Crippen LogP contribution is 2.09. The molecule has 6 nitrogen and oxygen atoms in total. The molecule has 0 saturated carbocycles. The van der Waals surface area contributed by atoms with E-state index in [9.17, 15) is 4.79 Å². The van der Waals surface area contributed by atoms with E-state index in [0.29, 0.717) is 13.0 Å². The van der Waals surface area contributed by atoms with Crippen LogP contribution in [0.15, 0.2) is 42.7 Å². The highest BCUT2D eigenvalue weighted by molar-refractivity contribution is 5.74. The summed E-state index contributed by atoms with van der Waals surface area (Å²) in [6.45, 7) is 4.70. The van der Waals surface area contributed by atoms with Crippen molar-refractivity contribution in [2.45, 2.75) is 32.7 Å². The molecule has 0 saturated heterocycles. The van der Waals surface area contributed by atoms with Crippen LogP contribution < -0.4 is 10.6 Å². The van der Waals surface area contributed by atoms with Crippen LogP contribution in [-0.4, -0.2) is 40.1 Å². The van der Waals surface area contributed by atoms with E-state index < -0.39 is 0 Å². The predicted molar refractivity (Wildman–Crippen MR) is 94.1 cm³/mol. The zero-order chi connectivity index (χ0) is 17.4. The van der Waals surface area contributed by atoms with Gasteiger partial charge in [0, 0.05) is 31.6 Å². The Hall–Kier alpha value is -2.34. The number of rotatable bonds is 8. The summed E-state index contributed by atoms with van der Waals surface area (Å²) >= 11 is 0. The van der Waals surface area contributed by atoms with E-state index >= 15 is 0 Å². The Labute approximate surface area is 142 Å². The molecule has 24 heavy (non-hydrogen) atoms. The van der Waals surface area contributed by atoms with Crippen LogP contribution in [0.3, 0.4) is 0 Å². The number of carbonyl (C=O) groups is 1. The number of nitrogens with zero attached hydrogens (tertiary/aromatic N) is 2. The number of amides is 2. The zero-order valence-electron chi connectivity index (χ0n) is 14.3. The number of benzene rings is 1. The van der Waals surface area contributed by atoms with Crippen LogP contribution in [0.5, 0.6) is 0 Å². The first-order valence-electron chi connectivity index (χ1n) is 8.34. The summed E-state index contributed by atoms with van der Waals surface area (Å²) in [4.78, 5) is 11.9. The van der Waals surface area contributed by atoms with Gasteiger partial charge in [-0.05, 0) is 42.5 Å². The van der Waals surface area contributed by atoms with Crippen LogP contribution in [-0.2, 0) is 6.42 Å². The molecule has 3 N–H and O–H groups in total. The molecular weight excluding hydrogens is 304 g/mol. The molecule has 130 valence electrons. The van der Waals surface area contributed by atoms with Crippen LogP contribution in [0.1, 0.15) is 25.8 Å². The molecule has 1 aromatic carbocycles. The second-order valence-corrected chi connectivity index (χ2v) is 6.13. The van der Waals surface area contributed by atoms with Crippen LogP contribution in [0.2, 0.25) is 0 Å². The molecule has 0 spiro atoms. The number of aliphatic hydroxyl groups excluding tert-OH is 1. The molecule has 1 atom stereocenters. The third-order valence-electron chi connectivity index (χ3n) is 3.97. The topological polar surface area (TPSA) is 79.2 Å². The first-order chi connectivity index (χ1) is 11.6. The van der Waals surface area contributed by atoms with Gasteiger partial charge >= 0.3 is 6.03 Å². The molecule has 0 fully saturated rings. The minimum Gasteiger partial charge on any atom is -0.396 e. The zero-order valence-corrected chi connectivity index (χ0v) is 14.3. The van der Waals surface area contributed by atoms with Gasteiger partial charge in [0.15, 0.2) is 0 Å². The van der Waals surface area contributed by atoms with Crippen LogP contribution >= 0.6 is 0 Å². The monoisotopic (exact) mass is 330 g/mol. The van der Waals surface area contributed by atoms with Crippen molar-refractivity contribution in [2.75, 3.05) is 13.2 Å². The largest absolute Gasteiger partial charge is 0.396 e. The average molecular weight is 330 g/mol. The minimum atomic E-state index is -0.185. The van der Waals surface area contributed by atoms with Gasteiger partial charge in [-0.25, -0.2) is 9.48 Å². The van der Waals surface area contributed by atoms with Crippen molar-refractivity contribution in [2.24, 2.45) is 5.92 Å². The Balaban J connectivity index is 1.76. The summed E-state index contributed by atoms with van der Waals surface area (Å²) in [5.74, 6) is 0.290. The standard InChI is InChI=1S/C18H26N4O2/c1-14(2)17(9-13-23)21-18(24)19-11-8-15-4-6-16(7-5-15)22-12-3-10-20-22/h3-7,10,12,14,17,23H,8-9,11,13H2,1-2H3,(H2,19,21,24). The molecule has 2 rings (SSSR count). The predicted octanol–water partition coefficient (Wildman–Crippen LogP) is 2.12. The molecule has 0 aliphatic carbocycles. The van der Waals surface area contributed by atoms with Gasteiger partial charge in [-0.3, -0.25) is 0 Å². The first-order valence-corrected chi connectivity index (χ1v) is 8.34. The lowest BCUT2D eigenvalue weighted by atomic mass is 10.0. The van der Waals surface area contributed by atoms with Crippen molar-refractivity contribution in [3.63, 3.8) is 0 Å². The van der Waals surface area contributed by atoms with Crippen LogP contribution in [0, 0.1) is 5.92 Å². The first kappa shape index (κ1) is 18.0. The van der Waals surface area contributed by atoms with Crippen molar-refractivity contribution in [3.8, 4) is 5.69 Å². The summed E-state index contributed by atoms with van der Waals surface area (Å²) in [7, 11) is 0. The molecule has 1 unspecified atom stereocenters.